The van der Waals surface area contributed by atoms with Gasteiger partial charge in [-0.25, -0.2) is 0 Å². The van der Waals surface area contributed by atoms with Crippen LogP contribution in [0.25, 0.3) is 0 Å². The second kappa shape index (κ2) is 7.47. The number of alkyl halides is 2. The molecule has 0 amide bonds. The summed E-state index contributed by atoms with van der Waals surface area (Å²) < 4.78 is 3.38. The number of carbonyl (C=O) groups is 1. The second-order valence-electron chi connectivity index (χ2n) is 1.41. The summed E-state index contributed by atoms with van der Waals surface area (Å²) in [4.78, 5) is 10.4. The van der Waals surface area contributed by atoms with Crippen LogP contribution >= 0.6 is 27.5 Å². The van der Waals surface area contributed by atoms with Crippen LogP contribution in [-0.2, 0) is 9.45 Å². The summed E-state index contributed by atoms with van der Waals surface area (Å²) in [5.74, 6) is -0.771. The van der Waals surface area contributed by atoms with Gasteiger partial charge in [-0.15, -0.1) is 11.6 Å². The van der Waals surface area contributed by atoms with Crippen molar-refractivity contribution in [2.24, 2.45) is 0 Å². The van der Waals surface area contributed by atoms with Crippen LogP contribution in [0.15, 0.2) is 0 Å². The predicted octanol–water partition coefficient (Wildman–Crippen LogP) is -3.03. The van der Waals surface area contributed by atoms with E-state index >= 15 is 0 Å². The smallest absolute Gasteiger partial charge is 1.00 e. The van der Waals surface area contributed by atoms with Gasteiger partial charge in [0.05, 0.1) is 10.7 Å². The number of rotatable bonds is 3. The third-order valence-electron chi connectivity index (χ3n) is 0.558. The molecule has 0 rings (SSSR count). The van der Waals surface area contributed by atoms with Crippen molar-refractivity contribution in [3.63, 3.8) is 0 Å². The van der Waals surface area contributed by atoms with Gasteiger partial charge in [-0.1, -0.05) is 15.9 Å². The molecule has 0 bridgehead atoms. The van der Waals surface area contributed by atoms with Gasteiger partial charge in [0.2, 0.25) is 0 Å². The summed E-state index contributed by atoms with van der Waals surface area (Å²) in [5, 5.41) is 16.2. The Morgan fingerprint density at radius 3 is 2.55 bits per heavy atom. The molecule has 0 aliphatic carbocycles. The van der Waals surface area contributed by atoms with Crippen LogP contribution in [-0.4, -0.2) is 27.6 Å². The minimum Gasteiger partial charge on any atom is -1.00 e. The fourth-order valence-electron chi connectivity index (χ4n) is 0.292. The molecule has 4 nitrogen and oxygen atoms in total. The SMILES string of the molecule is O=C(CC(Cl)Br)OB(O)O.[H-].[Li+]. The largest absolute Gasteiger partial charge is 1.00 e. The maximum atomic E-state index is 10.4. The normalized spacial score (nSPS) is 11.3. The zero-order chi connectivity index (χ0) is 8.15. The first-order valence-electron chi connectivity index (χ1n) is 2.36. The third kappa shape index (κ3) is 10.8. The molecule has 60 valence electrons. The Balaban J connectivity index is -0.000000405. The summed E-state index contributed by atoms with van der Waals surface area (Å²) in [5.41, 5.74) is 0. The van der Waals surface area contributed by atoms with Gasteiger partial charge in [-0.05, 0) is 0 Å². The molecule has 0 saturated heterocycles. The molecule has 1 atom stereocenters. The Labute approximate surface area is 91.2 Å². The van der Waals surface area contributed by atoms with E-state index in [4.69, 9.17) is 21.6 Å². The molecule has 0 aliphatic heterocycles. The van der Waals surface area contributed by atoms with Gasteiger partial charge >= 0.3 is 26.2 Å². The van der Waals surface area contributed by atoms with E-state index in [0.717, 1.165) is 0 Å². The van der Waals surface area contributed by atoms with E-state index in [-0.39, 0.29) is 26.7 Å². The number of hydrogen-bond donors (Lipinski definition) is 2. The predicted molar refractivity (Wildman–Crippen MR) is 40.6 cm³/mol. The first-order valence-corrected chi connectivity index (χ1v) is 3.71. The second-order valence-corrected chi connectivity index (χ2v) is 3.57. The van der Waals surface area contributed by atoms with Crippen LogP contribution in [0, 0.1) is 0 Å². The summed E-state index contributed by atoms with van der Waals surface area (Å²) in [7, 11) is -2.06. The van der Waals surface area contributed by atoms with Crippen molar-refractivity contribution < 1.29 is 39.8 Å². The molecule has 0 radical (unpaired) electrons. The van der Waals surface area contributed by atoms with Crippen LogP contribution in [0.3, 0.4) is 0 Å². The van der Waals surface area contributed by atoms with Crippen LogP contribution in [0.5, 0.6) is 0 Å². The standard InChI is InChI=1S/C3H5BBrClO4.Li.H/c5-2(6)1-3(7)10-4(8)9;;/h2,8-9H,1H2;;/q;+1;-1. The molecule has 11 heavy (non-hydrogen) atoms. The summed E-state index contributed by atoms with van der Waals surface area (Å²) in [6.07, 6.45) is -0.112. The molecule has 0 heterocycles. The van der Waals surface area contributed by atoms with E-state index < -0.39 is 17.6 Å². The maximum absolute atomic E-state index is 10.4. The molecular formula is C3H6BBrClLiO4. The molecule has 1 unspecified atom stereocenters. The van der Waals surface area contributed by atoms with Crippen LogP contribution in [0.2, 0.25) is 0 Å². The van der Waals surface area contributed by atoms with Gasteiger partial charge in [-0.3, -0.25) is 4.79 Å². The van der Waals surface area contributed by atoms with Crippen molar-refractivity contribution in [3.8, 4) is 0 Å². The van der Waals surface area contributed by atoms with E-state index in [2.05, 4.69) is 20.6 Å². The van der Waals surface area contributed by atoms with Crippen molar-refractivity contribution in [2.45, 2.75) is 10.7 Å². The Hall–Kier alpha value is 0.822. The van der Waals surface area contributed by atoms with E-state index in [1.165, 1.54) is 0 Å². The first kappa shape index (κ1) is 14.4. The summed E-state index contributed by atoms with van der Waals surface area (Å²) in [6, 6.07) is 0. The van der Waals surface area contributed by atoms with Crippen molar-refractivity contribution in [3.05, 3.63) is 0 Å². The van der Waals surface area contributed by atoms with Gasteiger partial charge in [0.15, 0.2) is 0 Å². The van der Waals surface area contributed by atoms with Crippen molar-refractivity contribution in [1.29, 1.82) is 0 Å². The molecule has 0 aliphatic rings. The monoisotopic (exact) mass is 238 g/mol. The molecule has 0 aromatic carbocycles. The number of hydrogen-bond acceptors (Lipinski definition) is 4. The van der Waals surface area contributed by atoms with Crippen molar-refractivity contribution in [1.82, 2.24) is 0 Å². The van der Waals surface area contributed by atoms with Crippen LogP contribution < -0.4 is 18.9 Å². The number of carbonyl (C=O) groups excluding carboxylic acids is 1. The quantitative estimate of drug-likeness (QED) is 0.406. The molecule has 0 aromatic rings. The molecule has 0 fully saturated rings. The summed E-state index contributed by atoms with van der Waals surface area (Å²) in [6.45, 7) is 0. The minimum absolute atomic E-state index is 0. The number of halogens is 2. The summed E-state index contributed by atoms with van der Waals surface area (Å²) >= 11 is 8.17. The van der Waals surface area contributed by atoms with E-state index in [1.54, 1.807) is 0 Å². The maximum Gasteiger partial charge on any atom is 1.00 e. The van der Waals surface area contributed by atoms with Gasteiger partial charge in [0.25, 0.3) is 5.97 Å². The fourth-order valence-corrected chi connectivity index (χ4v) is 0.682. The zero-order valence-electron chi connectivity index (χ0n) is 6.83. The minimum atomic E-state index is -2.06. The topological polar surface area (TPSA) is 66.8 Å². The van der Waals surface area contributed by atoms with Crippen LogP contribution in [0.1, 0.15) is 7.85 Å². The molecule has 0 aromatic heterocycles. The first-order chi connectivity index (χ1) is 4.52. The zero-order valence-corrected chi connectivity index (χ0v) is 8.17. The van der Waals surface area contributed by atoms with E-state index in [9.17, 15) is 4.79 Å². The van der Waals surface area contributed by atoms with Gasteiger partial charge in [0, 0.05) is 0 Å². The Morgan fingerprint density at radius 1 is 1.82 bits per heavy atom. The van der Waals surface area contributed by atoms with Gasteiger partial charge in [-0.2, -0.15) is 0 Å². The van der Waals surface area contributed by atoms with Crippen molar-refractivity contribution in [2.75, 3.05) is 0 Å². The van der Waals surface area contributed by atoms with Gasteiger partial charge in [0.1, 0.15) is 0 Å². The molecule has 0 saturated carbocycles. The average molecular weight is 239 g/mol. The van der Waals surface area contributed by atoms with E-state index in [0.29, 0.717) is 0 Å². The Bertz CT molecular complexity index is 117. The molecule has 8 heteroatoms. The molecular weight excluding hydrogens is 233 g/mol. The van der Waals surface area contributed by atoms with Gasteiger partial charge < -0.3 is 16.1 Å². The molecule has 2 N–H and O–H groups in total. The molecule has 0 spiro atoms. The van der Waals surface area contributed by atoms with E-state index in [1.807, 2.05) is 0 Å². The van der Waals surface area contributed by atoms with Crippen molar-refractivity contribution >= 4 is 40.8 Å². The Morgan fingerprint density at radius 2 is 2.27 bits per heavy atom. The average Bonchev–Trinajstić information content (AvgIpc) is 1.58. The third-order valence-corrected chi connectivity index (χ3v) is 1.04. The Kier molecular flexibility index (Phi) is 9.75. The van der Waals surface area contributed by atoms with Crippen LogP contribution in [0.4, 0.5) is 0 Å². The fraction of sp³-hybridized carbons (Fsp3) is 0.667.